The average Bonchev–Trinajstić information content (AvgIpc) is 2.94. The Hall–Kier alpha value is -2.18. The highest BCUT2D eigenvalue weighted by Crippen LogP contribution is 2.26. The van der Waals surface area contributed by atoms with Gasteiger partial charge in [0.25, 0.3) is 0 Å². The second kappa shape index (κ2) is 15.0. The number of hydrogen-bond acceptors (Lipinski definition) is 3. The van der Waals surface area contributed by atoms with Gasteiger partial charge in [-0.15, -0.1) is 11.8 Å². The number of amides is 2. The van der Waals surface area contributed by atoms with Crippen LogP contribution in [0, 0.1) is 0 Å². The molecular formula is C31H33Cl3N2O2S. The van der Waals surface area contributed by atoms with E-state index in [-0.39, 0.29) is 30.2 Å². The van der Waals surface area contributed by atoms with Crippen LogP contribution < -0.4 is 5.32 Å². The zero-order chi connectivity index (χ0) is 27.6. The summed E-state index contributed by atoms with van der Waals surface area (Å²) in [5.74, 6) is 0.589. The SMILES string of the molecule is O=C(NC1CCCCC1)[C@H](Cc1ccccc1)N(Cc1ccc(Cl)c(Cl)c1)C(=O)CSCc1ccccc1Cl. The lowest BCUT2D eigenvalue weighted by molar-refractivity contribution is -0.139. The molecule has 0 saturated heterocycles. The topological polar surface area (TPSA) is 49.4 Å². The molecule has 8 heteroatoms. The fourth-order valence-electron chi connectivity index (χ4n) is 4.88. The summed E-state index contributed by atoms with van der Waals surface area (Å²) in [6, 6.07) is 22.3. The van der Waals surface area contributed by atoms with Gasteiger partial charge >= 0.3 is 0 Å². The van der Waals surface area contributed by atoms with Gasteiger partial charge in [0.1, 0.15) is 6.04 Å². The summed E-state index contributed by atoms with van der Waals surface area (Å²) in [6.45, 7) is 0.248. The minimum absolute atomic E-state index is 0.113. The first-order chi connectivity index (χ1) is 18.9. The number of halogens is 3. The number of carbonyl (C=O) groups excluding carboxylic acids is 2. The van der Waals surface area contributed by atoms with Crippen LogP contribution in [0.5, 0.6) is 0 Å². The summed E-state index contributed by atoms with van der Waals surface area (Å²) >= 11 is 20.3. The fourth-order valence-corrected chi connectivity index (χ4v) is 6.40. The van der Waals surface area contributed by atoms with E-state index < -0.39 is 6.04 Å². The number of benzene rings is 3. The zero-order valence-corrected chi connectivity index (χ0v) is 24.8. The van der Waals surface area contributed by atoms with Crippen LogP contribution >= 0.6 is 46.6 Å². The first kappa shape index (κ1) is 29.8. The molecule has 3 aromatic carbocycles. The standard InChI is InChI=1S/C31H33Cl3N2O2S/c32-26-14-8-7-11-24(26)20-39-21-30(37)36(19-23-15-16-27(33)28(34)17-23)29(18-22-9-3-1-4-10-22)31(38)35-25-12-5-2-6-13-25/h1,3-4,7-11,14-17,25,29H,2,5-6,12-13,18-21H2,(H,35,38)/t29-/m0/s1. The number of thioether (sulfide) groups is 1. The van der Waals surface area contributed by atoms with Crippen LogP contribution in [0.25, 0.3) is 0 Å². The summed E-state index contributed by atoms with van der Waals surface area (Å²) in [5, 5.41) is 4.81. The Balaban J connectivity index is 1.59. The second-order valence-corrected chi connectivity index (χ2v) is 12.1. The van der Waals surface area contributed by atoms with Crippen molar-refractivity contribution >= 4 is 58.4 Å². The Morgan fingerprint density at radius 1 is 0.846 bits per heavy atom. The van der Waals surface area contributed by atoms with Crippen LogP contribution in [-0.4, -0.2) is 34.6 Å². The van der Waals surface area contributed by atoms with Crippen LogP contribution in [0.4, 0.5) is 0 Å². The van der Waals surface area contributed by atoms with E-state index in [0.29, 0.717) is 27.2 Å². The van der Waals surface area contributed by atoms with E-state index in [2.05, 4.69) is 5.32 Å². The molecule has 1 N–H and O–H groups in total. The maximum Gasteiger partial charge on any atom is 0.243 e. The van der Waals surface area contributed by atoms with Gasteiger partial charge in [0, 0.05) is 29.8 Å². The number of carbonyl (C=O) groups is 2. The van der Waals surface area contributed by atoms with Gasteiger partial charge in [0.2, 0.25) is 11.8 Å². The zero-order valence-electron chi connectivity index (χ0n) is 21.8. The Labute approximate surface area is 250 Å². The molecule has 2 amide bonds. The van der Waals surface area contributed by atoms with Crippen molar-refractivity contribution in [2.45, 2.75) is 62.9 Å². The summed E-state index contributed by atoms with van der Waals surface area (Å²) in [7, 11) is 0. The average molecular weight is 604 g/mol. The van der Waals surface area contributed by atoms with Gasteiger partial charge < -0.3 is 10.2 Å². The van der Waals surface area contributed by atoms with Crippen LogP contribution in [-0.2, 0) is 28.3 Å². The number of hydrogen-bond donors (Lipinski definition) is 1. The third-order valence-electron chi connectivity index (χ3n) is 7.00. The van der Waals surface area contributed by atoms with Crippen molar-refractivity contribution in [1.82, 2.24) is 10.2 Å². The molecule has 1 atom stereocenters. The van der Waals surface area contributed by atoms with E-state index in [0.717, 1.165) is 42.4 Å². The third-order valence-corrected chi connectivity index (χ3v) is 9.07. The van der Waals surface area contributed by atoms with Crippen LogP contribution in [0.1, 0.15) is 48.8 Å². The fraction of sp³-hybridized carbons (Fsp3) is 0.355. The number of nitrogens with one attached hydrogen (secondary N) is 1. The molecule has 1 saturated carbocycles. The lowest BCUT2D eigenvalue weighted by Gasteiger charge is -2.33. The molecule has 39 heavy (non-hydrogen) atoms. The summed E-state index contributed by atoms with van der Waals surface area (Å²) in [4.78, 5) is 29.4. The highest BCUT2D eigenvalue weighted by atomic mass is 35.5. The van der Waals surface area contributed by atoms with E-state index in [1.165, 1.54) is 18.2 Å². The smallest absolute Gasteiger partial charge is 0.243 e. The molecule has 1 fully saturated rings. The Kier molecular flexibility index (Phi) is 11.5. The first-order valence-electron chi connectivity index (χ1n) is 13.3. The van der Waals surface area contributed by atoms with E-state index in [1.807, 2.05) is 60.7 Å². The lowest BCUT2D eigenvalue weighted by Crippen LogP contribution is -2.53. The van der Waals surface area contributed by atoms with Crippen LogP contribution in [0.3, 0.4) is 0 Å². The van der Waals surface area contributed by atoms with Crippen molar-refractivity contribution < 1.29 is 9.59 Å². The molecule has 0 bridgehead atoms. The molecule has 1 aliphatic carbocycles. The Bertz CT molecular complexity index is 1250. The van der Waals surface area contributed by atoms with Crippen molar-refractivity contribution in [3.05, 3.63) is 105 Å². The first-order valence-corrected chi connectivity index (χ1v) is 15.6. The maximum atomic E-state index is 13.8. The van der Waals surface area contributed by atoms with Crippen molar-refractivity contribution in [3.63, 3.8) is 0 Å². The van der Waals surface area contributed by atoms with Gasteiger partial charge in [-0.05, 0) is 47.7 Å². The molecule has 206 valence electrons. The van der Waals surface area contributed by atoms with Crippen molar-refractivity contribution in [3.8, 4) is 0 Å². The molecule has 0 aromatic heterocycles. The predicted molar refractivity (Wildman–Crippen MR) is 164 cm³/mol. The molecule has 0 radical (unpaired) electrons. The molecule has 4 rings (SSSR count). The molecule has 0 heterocycles. The largest absolute Gasteiger partial charge is 0.352 e. The van der Waals surface area contributed by atoms with Crippen molar-refractivity contribution in [2.75, 3.05) is 5.75 Å². The molecule has 3 aromatic rings. The minimum Gasteiger partial charge on any atom is -0.352 e. The van der Waals surface area contributed by atoms with E-state index >= 15 is 0 Å². The molecule has 0 unspecified atom stereocenters. The normalized spacial score (nSPS) is 14.5. The van der Waals surface area contributed by atoms with Crippen molar-refractivity contribution in [2.24, 2.45) is 0 Å². The molecule has 0 spiro atoms. The number of nitrogens with zero attached hydrogens (tertiary/aromatic N) is 1. The number of rotatable bonds is 11. The Morgan fingerprint density at radius 3 is 2.28 bits per heavy atom. The minimum atomic E-state index is -0.669. The summed E-state index contributed by atoms with van der Waals surface area (Å²) in [5.41, 5.74) is 2.79. The van der Waals surface area contributed by atoms with Gasteiger partial charge in [-0.3, -0.25) is 9.59 Å². The maximum absolute atomic E-state index is 13.8. The summed E-state index contributed by atoms with van der Waals surface area (Å²) < 4.78 is 0. The van der Waals surface area contributed by atoms with E-state index in [1.54, 1.807) is 17.0 Å². The van der Waals surface area contributed by atoms with Crippen LogP contribution in [0.2, 0.25) is 15.1 Å². The summed E-state index contributed by atoms with van der Waals surface area (Å²) in [6.07, 6.45) is 5.78. The monoisotopic (exact) mass is 602 g/mol. The third kappa shape index (κ3) is 8.91. The molecular weight excluding hydrogens is 571 g/mol. The van der Waals surface area contributed by atoms with E-state index in [4.69, 9.17) is 34.8 Å². The second-order valence-electron chi connectivity index (χ2n) is 9.90. The van der Waals surface area contributed by atoms with Gasteiger partial charge in [-0.1, -0.05) is 109 Å². The van der Waals surface area contributed by atoms with Gasteiger partial charge in [0.15, 0.2) is 0 Å². The van der Waals surface area contributed by atoms with Gasteiger partial charge in [0.05, 0.1) is 15.8 Å². The van der Waals surface area contributed by atoms with Crippen molar-refractivity contribution in [1.29, 1.82) is 0 Å². The van der Waals surface area contributed by atoms with E-state index in [9.17, 15) is 9.59 Å². The highest BCUT2D eigenvalue weighted by Gasteiger charge is 2.32. The molecule has 0 aliphatic heterocycles. The Morgan fingerprint density at radius 2 is 1.56 bits per heavy atom. The lowest BCUT2D eigenvalue weighted by atomic mass is 9.94. The van der Waals surface area contributed by atoms with Gasteiger partial charge in [-0.2, -0.15) is 0 Å². The predicted octanol–water partition coefficient (Wildman–Crippen LogP) is 7.97. The molecule has 4 nitrogen and oxygen atoms in total. The molecule has 1 aliphatic rings. The van der Waals surface area contributed by atoms with Crippen LogP contribution in [0.15, 0.2) is 72.8 Å². The van der Waals surface area contributed by atoms with Gasteiger partial charge in [-0.25, -0.2) is 0 Å². The highest BCUT2D eigenvalue weighted by molar-refractivity contribution is 7.99. The quantitative estimate of drug-likeness (QED) is 0.242.